The molecule has 1 aliphatic heterocycles. The number of benzene rings is 2. The van der Waals surface area contributed by atoms with E-state index in [0.29, 0.717) is 44.1 Å². The molecule has 0 aromatic heterocycles. The summed E-state index contributed by atoms with van der Waals surface area (Å²) in [4.78, 5) is 25.2. The minimum absolute atomic E-state index is 0.00631. The first kappa shape index (κ1) is 21.5. The number of amides is 2. The van der Waals surface area contributed by atoms with Gasteiger partial charge in [0.15, 0.2) is 0 Å². The minimum Gasteiger partial charge on any atom is -0.381 e. The summed E-state index contributed by atoms with van der Waals surface area (Å²) in [7, 11) is 0. The summed E-state index contributed by atoms with van der Waals surface area (Å²) in [6.45, 7) is 5.14. The van der Waals surface area contributed by atoms with Crippen molar-refractivity contribution in [2.24, 2.45) is 5.92 Å². The second kappa shape index (κ2) is 9.55. The fourth-order valence-corrected chi connectivity index (χ4v) is 3.87. The van der Waals surface area contributed by atoms with Gasteiger partial charge >= 0.3 is 0 Å². The lowest BCUT2D eigenvalue weighted by Gasteiger charge is -2.36. The Balaban J connectivity index is 1.73. The number of ether oxygens (including phenoxy) is 1. The second-order valence-electron chi connectivity index (χ2n) is 7.88. The predicted molar refractivity (Wildman–Crippen MR) is 119 cm³/mol. The molecule has 2 aromatic rings. The summed E-state index contributed by atoms with van der Waals surface area (Å²) in [5, 5.41) is 5.94. The lowest BCUT2D eigenvalue weighted by atomic mass is 9.73. The standard InChI is InChI=1S/C23H27BrN2O3/c1-16(2)15-21(27)25-19-7-9-20(10-8-19)26-22(28)23(11-13-29-14-12-23)17-3-5-18(24)6-4-17/h3-10,16H,11-15H2,1-2H3,(H,25,27)(H,26,28). The quantitative estimate of drug-likeness (QED) is 0.630. The van der Waals surface area contributed by atoms with Gasteiger partial charge in [-0.1, -0.05) is 41.9 Å². The number of carbonyl (C=O) groups is 2. The summed E-state index contributed by atoms with van der Waals surface area (Å²) in [6.07, 6.45) is 1.77. The first-order valence-corrected chi connectivity index (χ1v) is 10.7. The van der Waals surface area contributed by atoms with Crippen molar-refractivity contribution >= 4 is 39.1 Å². The highest BCUT2D eigenvalue weighted by Gasteiger charge is 2.41. The smallest absolute Gasteiger partial charge is 0.235 e. The van der Waals surface area contributed by atoms with Crippen LogP contribution >= 0.6 is 15.9 Å². The predicted octanol–water partition coefficient (Wildman–Crippen LogP) is 5.12. The Bertz CT molecular complexity index is 841. The van der Waals surface area contributed by atoms with Gasteiger partial charge in [-0.15, -0.1) is 0 Å². The SMILES string of the molecule is CC(C)CC(=O)Nc1ccc(NC(=O)C2(c3ccc(Br)cc3)CCOCC2)cc1. The molecule has 5 nitrogen and oxygen atoms in total. The van der Waals surface area contributed by atoms with Crippen molar-refractivity contribution in [1.82, 2.24) is 0 Å². The van der Waals surface area contributed by atoms with Gasteiger partial charge in [0.1, 0.15) is 0 Å². The van der Waals surface area contributed by atoms with Crippen LogP contribution in [-0.2, 0) is 19.7 Å². The molecular weight excluding hydrogens is 432 g/mol. The highest BCUT2D eigenvalue weighted by molar-refractivity contribution is 9.10. The number of hydrogen-bond acceptors (Lipinski definition) is 3. The third kappa shape index (κ3) is 5.46. The van der Waals surface area contributed by atoms with Crippen molar-refractivity contribution in [3.8, 4) is 0 Å². The summed E-state index contributed by atoms with van der Waals surface area (Å²) < 4.78 is 6.51. The molecule has 1 heterocycles. The van der Waals surface area contributed by atoms with Crippen molar-refractivity contribution < 1.29 is 14.3 Å². The maximum absolute atomic E-state index is 13.3. The van der Waals surface area contributed by atoms with Gasteiger partial charge in [-0.05, 0) is 60.7 Å². The third-order valence-electron chi connectivity index (χ3n) is 5.20. The summed E-state index contributed by atoms with van der Waals surface area (Å²) in [5.74, 6) is 0.274. The van der Waals surface area contributed by atoms with Crippen LogP contribution in [-0.4, -0.2) is 25.0 Å². The van der Waals surface area contributed by atoms with Crippen molar-refractivity contribution in [3.63, 3.8) is 0 Å². The van der Waals surface area contributed by atoms with Crippen LogP contribution in [0, 0.1) is 5.92 Å². The maximum atomic E-state index is 13.3. The average molecular weight is 459 g/mol. The number of rotatable bonds is 6. The monoisotopic (exact) mass is 458 g/mol. The molecule has 0 aliphatic carbocycles. The largest absolute Gasteiger partial charge is 0.381 e. The number of nitrogens with one attached hydrogen (secondary N) is 2. The van der Waals surface area contributed by atoms with E-state index in [9.17, 15) is 9.59 Å². The van der Waals surface area contributed by atoms with E-state index in [4.69, 9.17) is 4.74 Å². The van der Waals surface area contributed by atoms with Crippen LogP contribution in [0.5, 0.6) is 0 Å². The highest BCUT2D eigenvalue weighted by atomic mass is 79.9. The van der Waals surface area contributed by atoms with E-state index in [1.165, 1.54) is 0 Å². The van der Waals surface area contributed by atoms with Crippen molar-refractivity contribution in [3.05, 3.63) is 58.6 Å². The molecule has 0 radical (unpaired) electrons. The molecule has 29 heavy (non-hydrogen) atoms. The first-order valence-electron chi connectivity index (χ1n) is 9.94. The molecule has 0 spiro atoms. The van der Waals surface area contributed by atoms with E-state index in [1.54, 1.807) is 0 Å². The molecule has 0 unspecified atom stereocenters. The van der Waals surface area contributed by atoms with E-state index in [1.807, 2.05) is 62.4 Å². The van der Waals surface area contributed by atoms with Crippen LogP contribution in [0.3, 0.4) is 0 Å². The Morgan fingerprint density at radius 1 is 0.966 bits per heavy atom. The first-order chi connectivity index (χ1) is 13.9. The van der Waals surface area contributed by atoms with Gasteiger partial charge in [0.2, 0.25) is 11.8 Å². The molecule has 2 N–H and O–H groups in total. The summed E-state index contributed by atoms with van der Waals surface area (Å²) in [6, 6.07) is 15.2. The van der Waals surface area contributed by atoms with Gasteiger partial charge in [-0.3, -0.25) is 9.59 Å². The topological polar surface area (TPSA) is 67.4 Å². The van der Waals surface area contributed by atoms with E-state index >= 15 is 0 Å². The Kier molecular flexibility index (Phi) is 7.09. The molecule has 2 amide bonds. The molecular formula is C23H27BrN2O3. The molecule has 0 bridgehead atoms. The number of hydrogen-bond donors (Lipinski definition) is 2. The molecule has 154 valence electrons. The average Bonchev–Trinajstić information content (AvgIpc) is 2.70. The van der Waals surface area contributed by atoms with E-state index in [0.717, 1.165) is 15.7 Å². The molecule has 0 atom stereocenters. The molecule has 1 fully saturated rings. The number of anilines is 2. The minimum atomic E-state index is -0.608. The van der Waals surface area contributed by atoms with E-state index in [-0.39, 0.29) is 11.8 Å². The highest BCUT2D eigenvalue weighted by Crippen LogP contribution is 2.36. The number of carbonyl (C=O) groups excluding carboxylic acids is 2. The van der Waals surface area contributed by atoms with Gasteiger partial charge in [0, 0.05) is 35.5 Å². The Hall–Kier alpha value is -2.18. The molecule has 2 aromatic carbocycles. The Morgan fingerprint density at radius 3 is 2.07 bits per heavy atom. The van der Waals surface area contributed by atoms with Gasteiger partial charge < -0.3 is 15.4 Å². The van der Waals surface area contributed by atoms with Crippen LogP contribution in [0.1, 0.15) is 38.7 Å². The van der Waals surface area contributed by atoms with Crippen LogP contribution in [0.4, 0.5) is 11.4 Å². The molecule has 3 rings (SSSR count). The Morgan fingerprint density at radius 2 is 1.52 bits per heavy atom. The normalized spacial score (nSPS) is 15.7. The van der Waals surface area contributed by atoms with Crippen LogP contribution in [0.2, 0.25) is 0 Å². The maximum Gasteiger partial charge on any atom is 0.235 e. The van der Waals surface area contributed by atoms with Gasteiger partial charge in [0.25, 0.3) is 0 Å². The Labute approximate surface area is 180 Å². The van der Waals surface area contributed by atoms with Crippen LogP contribution in [0.15, 0.2) is 53.0 Å². The number of halogens is 1. The van der Waals surface area contributed by atoms with Crippen LogP contribution in [0.25, 0.3) is 0 Å². The molecule has 0 saturated carbocycles. The van der Waals surface area contributed by atoms with Crippen molar-refractivity contribution in [1.29, 1.82) is 0 Å². The van der Waals surface area contributed by atoms with Crippen molar-refractivity contribution in [2.45, 2.75) is 38.5 Å². The molecule has 1 aliphatic rings. The van der Waals surface area contributed by atoms with Crippen molar-refractivity contribution in [2.75, 3.05) is 23.8 Å². The zero-order chi connectivity index (χ0) is 20.9. The molecule has 6 heteroatoms. The van der Waals surface area contributed by atoms with Gasteiger partial charge in [-0.2, -0.15) is 0 Å². The third-order valence-corrected chi connectivity index (χ3v) is 5.73. The van der Waals surface area contributed by atoms with Gasteiger partial charge in [0.05, 0.1) is 5.41 Å². The second-order valence-corrected chi connectivity index (χ2v) is 8.79. The lowest BCUT2D eigenvalue weighted by Crippen LogP contribution is -2.44. The zero-order valence-corrected chi connectivity index (χ0v) is 18.4. The van der Waals surface area contributed by atoms with Crippen LogP contribution < -0.4 is 10.6 Å². The molecule has 1 saturated heterocycles. The van der Waals surface area contributed by atoms with E-state index in [2.05, 4.69) is 26.6 Å². The zero-order valence-electron chi connectivity index (χ0n) is 16.8. The summed E-state index contributed by atoms with van der Waals surface area (Å²) >= 11 is 3.46. The van der Waals surface area contributed by atoms with E-state index < -0.39 is 5.41 Å². The fourth-order valence-electron chi connectivity index (χ4n) is 3.61. The van der Waals surface area contributed by atoms with Gasteiger partial charge in [-0.25, -0.2) is 0 Å². The fraction of sp³-hybridized carbons (Fsp3) is 0.391. The summed E-state index contributed by atoms with van der Waals surface area (Å²) in [5.41, 5.74) is 1.82. The lowest BCUT2D eigenvalue weighted by molar-refractivity contribution is -0.125.